The van der Waals surface area contributed by atoms with Crippen LogP contribution in [0.1, 0.15) is 110 Å². The molecule has 0 aliphatic rings. The van der Waals surface area contributed by atoms with Crippen molar-refractivity contribution >= 4 is 41.5 Å². The highest BCUT2D eigenvalue weighted by atomic mass is 32.1. The Morgan fingerprint density at radius 3 is 1.47 bits per heavy atom. The summed E-state index contributed by atoms with van der Waals surface area (Å²) in [5.41, 5.74) is 0. The second kappa shape index (κ2) is 20.3. The first kappa shape index (κ1) is 31.9. The molecule has 0 fully saturated rings. The van der Waals surface area contributed by atoms with E-state index in [0.717, 1.165) is 51.4 Å². The van der Waals surface area contributed by atoms with Crippen LogP contribution in [-0.2, 0) is 24.0 Å². The van der Waals surface area contributed by atoms with Gasteiger partial charge in [0.1, 0.15) is 6.04 Å². The quantitative estimate of drug-likeness (QED) is 0.111. The van der Waals surface area contributed by atoms with Gasteiger partial charge in [0, 0.05) is 19.3 Å². The molecule has 10 heteroatoms. The summed E-state index contributed by atoms with van der Waals surface area (Å²) in [4.78, 5) is 56.6. The van der Waals surface area contributed by atoms with Crippen LogP contribution in [0.4, 0.5) is 0 Å². The van der Waals surface area contributed by atoms with Gasteiger partial charge in [-0.3, -0.25) is 19.2 Å². The minimum absolute atomic E-state index is 0.0529. The summed E-state index contributed by atoms with van der Waals surface area (Å²) in [6.45, 7) is 1.49. The Morgan fingerprint density at radius 1 is 0.647 bits per heavy atom. The van der Waals surface area contributed by atoms with E-state index in [2.05, 4.69) is 23.3 Å². The molecule has 0 radical (unpaired) electrons. The highest BCUT2D eigenvalue weighted by Crippen LogP contribution is 2.13. The van der Waals surface area contributed by atoms with Crippen LogP contribution in [0.5, 0.6) is 0 Å². The van der Waals surface area contributed by atoms with Crippen molar-refractivity contribution < 1.29 is 34.2 Å². The van der Waals surface area contributed by atoms with Crippen molar-refractivity contribution in [1.29, 1.82) is 0 Å². The van der Waals surface area contributed by atoms with Gasteiger partial charge in [-0.1, -0.05) is 64.2 Å². The molecule has 0 saturated carbocycles. The number of thiol groups is 1. The summed E-state index contributed by atoms with van der Waals surface area (Å²) in [6, 6.07) is -1.90. The predicted octanol–water partition coefficient (Wildman–Crippen LogP) is 3.84. The zero-order valence-electron chi connectivity index (χ0n) is 20.4. The average molecular weight is 503 g/mol. The van der Waals surface area contributed by atoms with Crippen LogP contribution in [-0.4, -0.2) is 51.2 Å². The first-order valence-electron chi connectivity index (χ1n) is 12.4. The number of unbranched alkanes of at least 4 members (excludes halogenated alkanes) is 11. The van der Waals surface area contributed by atoms with Gasteiger partial charge in [-0.15, -0.1) is 12.6 Å². The van der Waals surface area contributed by atoms with Gasteiger partial charge in [-0.05, 0) is 26.2 Å². The topological polar surface area (TPSA) is 150 Å². The number of amides is 2. The number of carbonyl (C=O) groups is 5. The maximum absolute atomic E-state index is 12.0. The monoisotopic (exact) mass is 502 g/mol. The van der Waals surface area contributed by atoms with E-state index in [9.17, 15) is 29.1 Å². The van der Waals surface area contributed by atoms with Crippen molar-refractivity contribution in [2.75, 3.05) is 0 Å². The van der Waals surface area contributed by atoms with Gasteiger partial charge < -0.3 is 20.8 Å². The van der Waals surface area contributed by atoms with Crippen molar-refractivity contribution in [3.05, 3.63) is 0 Å². The lowest BCUT2D eigenvalue weighted by molar-refractivity contribution is -0.142. The van der Waals surface area contributed by atoms with Crippen LogP contribution >= 0.6 is 12.6 Å². The molecule has 2 amide bonds. The smallest absolute Gasteiger partial charge is 0.326 e. The summed E-state index contributed by atoms with van der Waals surface area (Å²) in [5, 5.41) is 22.3. The SMILES string of the molecule is C[C@H](NC(=O)CC[C@H](NC(=O)CCCCCCCCCCCCCCC(=O)O)C(=O)O)C(=O)S. The standard InChI is InChI=1S/C24H42N2O7S/c1-18(24(33)34)25-21(28)17-16-19(23(31)32)26-20(27)14-12-10-8-6-4-2-3-5-7-9-11-13-15-22(29)30/h18-19H,2-17H2,1H3,(H,25,28)(H,26,27)(H,29,30)(H,31,32)(H,33,34)/t18-,19-/m0/s1. The summed E-state index contributed by atoms with van der Waals surface area (Å²) in [7, 11) is 0. The van der Waals surface area contributed by atoms with Crippen LogP contribution in [0.2, 0.25) is 0 Å². The molecule has 0 aliphatic heterocycles. The van der Waals surface area contributed by atoms with Gasteiger partial charge in [0.2, 0.25) is 16.9 Å². The number of carboxylic acids is 2. The average Bonchev–Trinajstić information content (AvgIpc) is 2.76. The highest BCUT2D eigenvalue weighted by Gasteiger charge is 2.21. The summed E-state index contributed by atoms with van der Waals surface area (Å²) < 4.78 is 0. The molecule has 9 nitrogen and oxygen atoms in total. The lowest BCUT2D eigenvalue weighted by atomic mass is 10.0. The molecule has 0 aromatic rings. The molecule has 0 aromatic carbocycles. The molecule has 4 N–H and O–H groups in total. The third-order valence-electron chi connectivity index (χ3n) is 5.59. The van der Waals surface area contributed by atoms with Crippen molar-refractivity contribution in [1.82, 2.24) is 10.6 Å². The minimum atomic E-state index is -1.19. The number of hydrogen-bond donors (Lipinski definition) is 5. The van der Waals surface area contributed by atoms with Gasteiger partial charge in [0.15, 0.2) is 0 Å². The van der Waals surface area contributed by atoms with Crippen LogP contribution in [0.25, 0.3) is 0 Å². The van der Waals surface area contributed by atoms with Crippen molar-refractivity contribution in [2.24, 2.45) is 0 Å². The normalized spacial score (nSPS) is 12.5. The fraction of sp³-hybridized carbons (Fsp3) is 0.792. The van der Waals surface area contributed by atoms with Crippen LogP contribution in [0.3, 0.4) is 0 Å². The highest BCUT2D eigenvalue weighted by molar-refractivity contribution is 7.96. The first-order valence-corrected chi connectivity index (χ1v) is 12.8. The van der Waals surface area contributed by atoms with Gasteiger partial charge in [0.25, 0.3) is 0 Å². The van der Waals surface area contributed by atoms with Gasteiger partial charge in [0.05, 0.1) is 6.04 Å². The van der Waals surface area contributed by atoms with Crippen molar-refractivity contribution in [3.8, 4) is 0 Å². The van der Waals surface area contributed by atoms with Crippen LogP contribution in [0, 0.1) is 0 Å². The number of carboxylic acid groups (broad SMARTS) is 2. The zero-order chi connectivity index (χ0) is 25.8. The minimum Gasteiger partial charge on any atom is -0.481 e. The van der Waals surface area contributed by atoms with Crippen LogP contribution < -0.4 is 10.6 Å². The third kappa shape index (κ3) is 19.4. The third-order valence-corrected chi connectivity index (χ3v) is 5.97. The first-order chi connectivity index (χ1) is 16.1. The van der Waals surface area contributed by atoms with Gasteiger partial charge >= 0.3 is 11.9 Å². The Balaban J connectivity index is 3.74. The second-order valence-electron chi connectivity index (χ2n) is 8.76. The molecule has 0 aromatic heterocycles. The number of aliphatic carboxylic acids is 2. The van der Waals surface area contributed by atoms with E-state index in [1.54, 1.807) is 0 Å². The molecule has 0 spiro atoms. The lowest BCUT2D eigenvalue weighted by Gasteiger charge is -2.15. The number of carbonyl (C=O) groups excluding carboxylic acids is 3. The molecule has 0 heterocycles. The molecule has 34 heavy (non-hydrogen) atoms. The molecule has 0 saturated heterocycles. The Morgan fingerprint density at radius 2 is 1.06 bits per heavy atom. The van der Waals surface area contributed by atoms with E-state index < -0.39 is 35.0 Å². The summed E-state index contributed by atoms with van der Waals surface area (Å²) in [6.07, 6.45) is 12.8. The molecular formula is C24H42N2O7S. The Bertz CT molecular complexity index is 643. The van der Waals surface area contributed by atoms with Gasteiger partial charge in [-0.25, -0.2) is 4.79 Å². The fourth-order valence-corrected chi connectivity index (χ4v) is 3.57. The predicted molar refractivity (Wildman–Crippen MR) is 133 cm³/mol. The Hall–Kier alpha value is -2.10. The molecular weight excluding hydrogens is 460 g/mol. The number of nitrogens with one attached hydrogen (secondary N) is 2. The Kier molecular flexibility index (Phi) is 19.0. The maximum atomic E-state index is 12.0. The summed E-state index contributed by atoms with van der Waals surface area (Å²) >= 11 is 3.63. The molecule has 196 valence electrons. The van der Waals surface area contributed by atoms with E-state index >= 15 is 0 Å². The summed E-state index contributed by atoms with van der Waals surface area (Å²) in [5.74, 6) is -2.72. The molecule has 0 rings (SSSR count). The van der Waals surface area contributed by atoms with Crippen molar-refractivity contribution in [2.45, 2.75) is 122 Å². The fourth-order valence-electron chi connectivity index (χ4n) is 3.50. The largest absolute Gasteiger partial charge is 0.481 e. The van der Waals surface area contributed by atoms with E-state index in [4.69, 9.17) is 5.11 Å². The molecule has 2 atom stereocenters. The van der Waals surface area contributed by atoms with Crippen molar-refractivity contribution in [3.63, 3.8) is 0 Å². The maximum Gasteiger partial charge on any atom is 0.326 e. The van der Waals surface area contributed by atoms with E-state index in [0.29, 0.717) is 6.42 Å². The molecule has 0 unspecified atom stereocenters. The number of rotatable bonds is 22. The Labute approximate surface area is 208 Å². The van der Waals surface area contributed by atoms with E-state index in [-0.39, 0.29) is 31.6 Å². The van der Waals surface area contributed by atoms with E-state index in [1.807, 2.05) is 0 Å². The second-order valence-corrected chi connectivity index (χ2v) is 9.20. The van der Waals surface area contributed by atoms with Gasteiger partial charge in [-0.2, -0.15) is 0 Å². The van der Waals surface area contributed by atoms with Crippen LogP contribution in [0.15, 0.2) is 0 Å². The van der Waals surface area contributed by atoms with E-state index in [1.165, 1.54) is 26.2 Å². The molecule has 0 bridgehead atoms. The lowest BCUT2D eigenvalue weighted by Crippen LogP contribution is -2.42. The number of hydrogen-bond acceptors (Lipinski definition) is 5. The molecule has 0 aliphatic carbocycles. The zero-order valence-corrected chi connectivity index (χ0v) is 21.2.